The number of ether oxygens (including phenoxy) is 1. The molecule has 2 atom stereocenters. The van der Waals surface area contributed by atoms with Gasteiger partial charge in [-0.25, -0.2) is 4.79 Å². The van der Waals surface area contributed by atoms with Crippen LogP contribution in [0.15, 0.2) is 35.9 Å². The Balaban J connectivity index is 1.87. The maximum absolute atomic E-state index is 12.5. The van der Waals surface area contributed by atoms with Crippen molar-refractivity contribution in [3.63, 3.8) is 0 Å². The van der Waals surface area contributed by atoms with Gasteiger partial charge >= 0.3 is 6.09 Å². The topological polar surface area (TPSA) is 29.5 Å². The van der Waals surface area contributed by atoms with E-state index in [0.29, 0.717) is 0 Å². The molecule has 3 heteroatoms. The van der Waals surface area contributed by atoms with E-state index in [4.69, 9.17) is 4.74 Å². The summed E-state index contributed by atoms with van der Waals surface area (Å²) in [6, 6.07) is 10.3. The van der Waals surface area contributed by atoms with E-state index >= 15 is 0 Å². The number of nitrogens with zero attached hydrogens (tertiary/aromatic N) is 1. The molecule has 2 aliphatic heterocycles. The molecular weight excluding hydrogens is 262 g/mol. The molecule has 1 amide bonds. The highest BCUT2D eigenvalue weighted by molar-refractivity contribution is 5.82. The van der Waals surface area contributed by atoms with Crippen LogP contribution in [-0.2, 0) is 4.74 Å². The number of benzene rings is 1. The maximum atomic E-state index is 12.5. The molecule has 1 saturated heterocycles. The van der Waals surface area contributed by atoms with E-state index in [0.717, 1.165) is 30.7 Å². The van der Waals surface area contributed by atoms with Crippen LogP contribution in [-0.4, -0.2) is 23.6 Å². The first-order valence-corrected chi connectivity index (χ1v) is 7.96. The minimum absolute atomic E-state index is 0.157. The third kappa shape index (κ3) is 1.90. The third-order valence-electron chi connectivity index (χ3n) is 5.39. The minimum atomic E-state index is -0.157. The van der Waals surface area contributed by atoms with Gasteiger partial charge in [0.2, 0.25) is 0 Å². The van der Waals surface area contributed by atoms with Gasteiger partial charge in [-0.2, -0.15) is 0 Å². The molecular formula is C18H21NO2. The molecule has 0 N–H and O–H groups in total. The fraction of sp³-hybridized carbons (Fsp3) is 0.500. The molecule has 0 unspecified atom stereocenters. The van der Waals surface area contributed by atoms with Gasteiger partial charge in [-0.05, 0) is 43.1 Å². The van der Waals surface area contributed by atoms with Crippen molar-refractivity contribution in [3.8, 4) is 0 Å². The third-order valence-corrected chi connectivity index (χ3v) is 5.39. The maximum Gasteiger partial charge on any atom is 0.415 e. The van der Waals surface area contributed by atoms with Gasteiger partial charge in [0, 0.05) is 12.1 Å². The smallest absolute Gasteiger partial charge is 0.410 e. The Labute approximate surface area is 125 Å². The summed E-state index contributed by atoms with van der Waals surface area (Å²) in [7, 11) is 0. The summed E-state index contributed by atoms with van der Waals surface area (Å²) < 4.78 is 5.74. The van der Waals surface area contributed by atoms with E-state index in [1.54, 1.807) is 0 Å². The predicted molar refractivity (Wildman–Crippen MR) is 81.5 cm³/mol. The molecule has 1 aliphatic carbocycles. The van der Waals surface area contributed by atoms with Crippen molar-refractivity contribution in [2.24, 2.45) is 5.41 Å². The summed E-state index contributed by atoms with van der Waals surface area (Å²) in [5, 5.41) is 0. The molecule has 4 rings (SSSR count). The van der Waals surface area contributed by atoms with Crippen LogP contribution in [0.5, 0.6) is 0 Å². The van der Waals surface area contributed by atoms with Crippen LogP contribution in [0.25, 0.3) is 5.76 Å². The summed E-state index contributed by atoms with van der Waals surface area (Å²) in [5.41, 5.74) is 2.61. The molecule has 0 spiro atoms. The first-order valence-electron chi connectivity index (χ1n) is 7.96. The fourth-order valence-electron chi connectivity index (χ4n) is 4.46. The second-order valence-electron chi connectivity index (χ2n) is 6.80. The molecule has 1 saturated carbocycles. The summed E-state index contributed by atoms with van der Waals surface area (Å²) in [4.78, 5) is 14.4. The zero-order valence-electron chi connectivity index (χ0n) is 12.5. The van der Waals surface area contributed by atoms with Crippen LogP contribution in [0.3, 0.4) is 0 Å². The molecule has 0 aromatic heterocycles. The molecule has 3 aliphatic rings. The van der Waals surface area contributed by atoms with E-state index in [-0.39, 0.29) is 17.6 Å². The first kappa shape index (κ1) is 12.9. The van der Waals surface area contributed by atoms with Gasteiger partial charge in [-0.1, -0.05) is 37.3 Å². The lowest BCUT2D eigenvalue weighted by atomic mass is 9.64. The molecule has 2 fully saturated rings. The number of carbonyl (C=O) groups excluding carboxylic acids is 1. The second kappa shape index (κ2) is 4.62. The van der Waals surface area contributed by atoms with Crippen LogP contribution >= 0.6 is 0 Å². The molecule has 21 heavy (non-hydrogen) atoms. The van der Waals surface area contributed by atoms with Crippen LogP contribution in [0.2, 0.25) is 0 Å². The number of piperidine rings is 1. The Morgan fingerprint density at radius 2 is 1.95 bits per heavy atom. The minimum Gasteiger partial charge on any atom is -0.410 e. The summed E-state index contributed by atoms with van der Waals surface area (Å²) in [5.74, 6) is 0.828. The summed E-state index contributed by atoms with van der Waals surface area (Å²) in [6.45, 7) is 3.19. The van der Waals surface area contributed by atoms with E-state index in [9.17, 15) is 4.79 Å². The van der Waals surface area contributed by atoms with Gasteiger partial charge in [0.05, 0.1) is 6.04 Å². The Kier molecular flexibility index (Phi) is 2.84. The zero-order chi connectivity index (χ0) is 14.4. The van der Waals surface area contributed by atoms with Crippen molar-refractivity contribution in [2.45, 2.75) is 45.1 Å². The highest BCUT2D eigenvalue weighted by Crippen LogP contribution is 2.51. The van der Waals surface area contributed by atoms with E-state index < -0.39 is 0 Å². The first-order chi connectivity index (χ1) is 10.2. The fourth-order valence-corrected chi connectivity index (χ4v) is 4.46. The number of carbonyl (C=O) groups is 1. The Morgan fingerprint density at radius 1 is 1.19 bits per heavy atom. The van der Waals surface area contributed by atoms with Crippen molar-refractivity contribution in [2.75, 3.05) is 6.54 Å². The molecule has 0 bridgehead atoms. The number of hydrogen-bond acceptors (Lipinski definition) is 2. The highest BCUT2D eigenvalue weighted by Gasteiger charge is 2.50. The molecule has 2 heterocycles. The van der Waals surface area contributed by atoms with Gasteiger partial charge in [0.1, 0.15) is 5.76 Å². The van der Waals surface area contributed by atoms with Crippen molar-refractivity contribution in [3.05, 3.63) is 41.5 Å². The second-order valence-corrected chi connectivity index (χ2v) is 6.80. The Morgan fingerprint density at radius 3 is 2.76 bits per heavy atom. The van der Waals surface area contributed by atoms with Gasteiger partial charge in [-0.15, -0.1) is 0 Å². The van der Waals surface area contributed by atoms with Crippen LogP contribution < -0.4 is 0 Å². The SMILES string of the molecule is C[C@@]12CCCC3=C(c4ccccc4)OC(=O)N(CCC1)[C@@H]32. The number of cyclic esters (lactones) is 1. The molecule has 1 aromatic carbocycles. The molecule has 110 valence electrons. The largest absolute Gasteiger partial charge is 0.415 e. The van der Waals surface area contributed by atoms with Crippen LogP contribution in [0, 0.1) is 5.41 Å². The predicted octanol–water partition coefficient (Wildman–Crippen LogP) is 4.20. The van der Waals surface area contributed by atoms with Crippen molar-refractivity contribution in [1.29, 1.82) is 0 Å². The number of hydrogen-bond donors (Lipinski definition) is 0. The van der Waals surface area contributed by atoms with Crippen LogP contribution in [0.1, 0.15) is 44.6 Å². The molecule has 3 nitrogen and oxygen atoms in total. The van der Waals surface area contributed by atoms with Gasteiger partial charge < -0.3 is 9.64 Å². The Bertz CT molecular complexity index is 603. The summed E-state index contributed by atoms with van der Waals surface area (Å²) in [6.07, 6.45) is 5.62. The van der Waals surface area contributed by atoms with Crippen molar-refractivity contribution < 1.29 is 9.53 Å². The number of amides is 1. The lowest BCUT2D eigenvalue weighted by Crippen LogP contribution is -2.58. The summed E-state index contributed by atoms with van der Waals surface area (Å²) >= 11 is 0. The van der Waals surface area contributed by atoms with Crippen molar-refractivity contribution >= 4 is 11.9 Å². The quantitative estimate of drug-likeness (QED) is 0.773. The lowest BCUT2D eigenvalue weighted by molar-refractivity contribution is 0.0164. The van der Waals surface area contributed by atoms with E-state index in [2.05, 4.69) is 6.92 Å². The molecule has 0 radical (unpaired) electrons. The molecule has 1 aromatic rings. The van der Waals surface area contributed by atoms with Gasteiger partial charge in [0.15, 0.2) is 0 Å². The highest BCUT2D eigenvalue weighted by atomic mass is 16.6. The van der Waals surface area contributed by atoms with E-state index in [1.165, 1.54) is 24.8 Å². The Hall–Kier alpha value is -1.77. The average molecular weight is 283 g/mol. The van der Waals surface area contributed by atoms with E-state index in [1.807, 2.05) is 35.2 Å². The van der Waals surface area contributed by atoms with Gasteiger partial charge in [0.25, 0.3) is 0 Å². The normalized spacial score (nSPS) is 31.8. The lowest BCUT2D eigenvalue weighted by Gasteiger charge is -2.53. The average Bonchev–Trinajstić information content (AvgIpc) is 2.51. The standard InChI is InChI=1S/C18H21NO2/c1-18-10-5-9-14-15(13-7-3-2-4-8-13)21-17(20)19(16(14)18)12-6-11-18/h2-4,7-8,16H,5-6,9-12H2,1H3/t16-,18+/m0/s1. The monoisotopic (exact) mass is 283 g/mol. The number of rotatable bonds is 1. The van der Waals surface area contributed by atoms with Gasteiger partial charge in [-0.3, -0.25) is 0 Å². The van der Waals surface area contributed by atoms with Crippen LogP contribution in [0.4, 0.5) is 4.79 Å². The zero-order valence-corrected chi connectivity index (χ0v) is 12.5. The van der Waals surface area contributed by atoms with Crippen molar-refractivity contribution in [1.82, 2.24) is 4.90 Å².